The maximum atomic E-state index is 10.9. The van der Waals surface area contributed by atoms with Gasteiger partial charge in [-0.05, 0) is 29.3 Å². The van der Waals surface area contributed by atoms with Gasteiger partial charge in [0.2, 0.25) is 0 Å². The number of nitrogens with zero attached hydrogens (tertiary/aromatic N) is 1. The van der Waals surface area contributed by atoms with E-state index in [1.54, 1.807) is 31.6 Å². The summed E-state index contributed by atoms with van der Waals surface area (Å²) in [6.45, 7) is 0. The number of nitrogens with one attached hydrogen (secondary N) is 1. The number of ether oxygens (including phenoxy) is 1. The Balaban J connectivity index is 2.30. The molecular weight excluding hydrogens is 292 g/mol. The van der Waals surface area contributed by atoms with Crippen molar-refractivity contribution in [2.24, 2.45) is 0 Å². The molecule has 0 unspecified atom stereocenters. The van der Waals surface area contributed by atoms with Gasteiger partial charge in [-0.3, -0.25) is 15.0 Å². The predicted octanol–water partition coefficient (Wildman–Crippen LogP) is 2.93. The van der Waals surface area contributed by atoms with Crippen LogP contribution in [0.3, 0.4) is 0 Å². The average Bonchev–Trinajstić information content (AvgIpc) is 2.53. The van der Waals surface area contributed by atoms with Crippen LogP contribution in [0.2, 0.25) is 5.02 Å². The average molecular weight is 305 g/mol. The minimum atomic E-state index is -0.618. The Hall–Kier alpha value is -2.37. The number of carbonyl (C=O) groups is 1. The molecule has 0 saturated heterocycles. The van der Waals surface area contributed by atoms with Crippen molar-refractivity contribution in [3.8, 4) is 16.9 Å². The number of amides is 1. The van der Waals surface area contributed by atoms with Crippen LogP contribution in [-0.4, -0.2) is 23.2 Å². The Bertz CT molecular complexity index is 686. The molecule has 1 amide bonds. The molecule has 0 fully saturated rings. The number of pyridine rings is 1. The lowest BCUT2D eigenvalue weighted by Crippen LogP contribution is -2.14. The first-order valence-corrected chi connectivity index (χ1v) is 6.43. The zero-order chi connectivity index (χ0) is 15.2. The van der Waals surface area contributed by atoms with E-state index in [4.69, 9.17) is 21.5 Å². The number of rotatable bonds is 4. The summed E-state index contributed by atoms with van der Waals surface area (Å²) in [6, 6.07) is 7.26. The monoisotopic (exact) mass is 304 g/mol. The van der Waals surface area contributed by atoms with Crippen LogP contribution in [-0.2, 0) is 4.79 Å². The molecule has 108 valence electrons. The largest absolute Gasteiger partial charge is 0.495 e. The molecule has 0 aliphatic rings. The summed E-state index contributed by atoms with van der Waals surface area (Å²) in [5.74, 6) is 0.0411. The van der Waals surface area contributed by atoms with Gasteiger partial charge in [-0.15, -0.1) is 0 Å². The van der Waals surface area contributed by atoms with Gasteiger partial charge in [0.25, 0.3) is 5.91 Å². The molecule has 1 aromatic heterocycles. The Kier molecular flexibility index (Phi) is 4.92. The maximum absolute atomic E-state index is 10.9. The summed E-state index contributed by atoms with van der Waals surface area (Å²) in [4.78, 5) is 15.0. The van der Waals surface area contributed by atoms with Crippen molar-refractivity contribution >= 4 is 23.6 Å². The smallest absolute Gasteiger partial charge is 0.267 e. The van der Waals surface area contributed by atoms with Crippen molar-refractivity contribution in [2.45, 2.75) is 0 Å². The van der Waals surface area contributed by atoms with Gasteiger partial charge in [0, 0.05) is 22.9 Å². The molecule has 0 radical (unpaired) electrons. The summed E-state index contributed by atoms with van der Waals surface area (Å²) in [6.07, 6.45) is 6.04. The van der Waals surface area contributed by atoms with E-state index >= 15 is 0 Å². The van der Waals surface area contributed by atoms with E-state index in [2.05, 4.69) is 4.98 Å². The van der Waals surface area contributed by atoms with Gasteiger partial charge in [-0.1, -0.05) is 23.7 Å². The predicted molar refractivity (Wildman–Crippen MR) is 80.2 cm³/mol. The van der Waals surface area contributed by atoms with Crippen LogP contribution in [0.5, 0.6) is 5.75 Å². The van der Waals surface area contributed by atoms with Crippen molar-refractivity contribution in [3.63, 3.8) is 0 Å². The van der Waals surface area contributed by atoms with Gasteiger partial charge in [0.05, 0.1) is 13.3 Å². The second-order valence-corrected chi connectivity index (χ2v) is 4.57. The number of hydroxylamine groups is 1. The zero-order valence-electron chi connectivity index (χ0n) is 11.2. The molecule has 0 atom stereocenters. The first kappa shape index (κ1) is 15.0. The number of halogens is 1. The third kappa shape index (κ3) is 3.81. The van der Waals surface area contributed by atoms with Crippen LogP contribution in [0.1, 0.15) is 5.56 Å². The summed E-state index contributed by atoms with van der Waals surface area (Å²) in [7, 11) is 1.58. The fourth-order valence-electron chi connectivity index (χ4n) is 1.73. The molecule has 0 aliphatic heterocycles. The van der Waals surface area contributed by atoms with E-state index in [-0.39, 0.29) is 0 Å². The molecule has 2 N–H and O–H groups in total. The van der Waals surface area contributed by atoms with Crippen molar-refractivity contribution < 1.29 is 14.7 Å². The van der Waals surface area contributed by atoms with Crippen LogP contribution < -0.4 is 10.2 Å². The van der Waals surface area contributed by atoms with Crippen molar-refractivity contribution in [1.82, 2.24) is 10.5 Å². The van der Waals surface area contributed by atoms with E-state index in [9.17, 15) is 4.79 Å². The Morgan fingerprint density at radius 2 is 2.14 bits per heavy atom. The Morgan fingerprint density at radius 3 is 2.81 bits per heavy atom. The normalized spacial score (nSPS) is 10.6. The molecule has 2 rings (SSSR count). The molecule has 0 bridgehead atoms. The van der Waals surface area contributed by atoms with Crippen LogP contribution in [0.25, 0.3) is 17.2 Å². The molecule has 5 nitrogen and oxygen atoms in total. The number of hydrogen-bond donors (Lipinski definition) is 2. The molecule has 0 spiro atoms. The number of methoxy groups -OCH3 is 1. The molecule has 0 aliphatic carbocycles. The fourth-order valence-corrected chi connectivity index (χ4v) is 1.98. The van der Waals surface area contributed by atoms with Gasteiger partial charge in [0.1, 0.15) is 5.75 Å². The number of hydrogen-bond acceptors (Lipinski definition) is 4. The first-order chi connectivity index (χ1) is 10.1. The highest BCUT2D eigenvalue weighted by Crippen LogP contribution is 2.27. The fraction of sp³-hybridized carbons (Fsp3) is 0.0667. The van der Waals surface area contributed by atoms with E-state index in [0.29, 0.717) is 16.3 Å². The van der Waals surface area contributed by atoms with Crippen molar-refractivity contribution in [1.29, 1.82) is 0 Å². The quantitative estimate of drug-likeness (QED) is 0.517. The van der Waals surface area contributed by atoms with Gasteiger partial charge >= 0.3 is 0 Å². The third-order valence-electron chi connectivity index (χ3n) is 2.81. The van der Waals surface area contributed by atoms with E-state index in [1.807, 2.05) is 12.1 Å². The van der Waals surface area contributed by atoms with E-state index < -0.39 is 5.91 Å². The summed E-state index contributed by atoms with van der Waals surface area (Å²) >= 11 is 6.18. The second kappa shape index (κ2) is 6.88. The molecule has 6 heteroatoms. The lowest BCUT2D eigenvalue weighted by atomic mass is 10.1. The molecule has 1 heterocycles. The number of aromatic nitrogens is 1. The standard InChI is InChI=1S/C15H13ClN2O3/c1-21-13-6-12(8-17-9-13)11-3-2-10(14(16)7-11)4-5-15(19)18-20/h2-9,20H,1H3,(H,18,19)/b5-4+. The van der Waals surface area contributed by atoms with Gasteiger partial charge < -0.3 is 4.74 Å². The van der Waals surface area contributed by atoms with Crippen LogP contribution in [0.4, 0.5) is 0 Å². The number of benzene rings is 1. The van der Waals surface area contributed by atoms with Gasteiger partial charge in [-0.2, -0.15) is 0 Å². The highest BCUT2D eigenvalue weighted by atomic mass is 35.5. The van der Waals surface area contributed by atoms with E-state index in [1.165, 1.54) is 17.6 Å². The Labute approximate surface area is 126 Å². The van der Waals surface area contributed by atoms with Crippen molar-refractivity contribution in [2.75, 3.05) is 7.11 Å². The Morgan fingerprint density at radius 1 is 1.33 bits per heavy atom. The molecule has 0 saturated carbocycles. The van der Waals surface area contributed by atoms with Crippen molar-refractivity contribution in [3.05, 3.63) is 53.3 Å². The highest BCUT2D eigenvalue weighted by molar-refractivity contribution is 6.32. The third-order valence-corrected chi connectivity index (χ3v) is 3.13. The summed E-state index contributed by atoms with van der Waals surface area (Å²) < 4.78 is 5.13. The van der Waals surface area contributed by atoms with E-state index in [0.717, 1.165) is 11.1 Å². The molecule has 21 heavy (non-hydrogen) atoms. The van der Waals surface area contributed by atoms with Crippen LogP contribution in [0, 0.1) is 0 Å². The van der Waals surface area contributed by atoms with Crippen LogP contribution in [0.15, 0.2) is 42.7 Å². The maximum Gasteiger partial charge on any atom is 0.267 e. The topological polar surface area (TPSA) is 71.5 Å². The molecular formula is C15H13ClN2O3. The second-order valence-electron chi connectivity index (χ2n) is 4.16. The summed E-state index contributed by atoms with van der Waals surface area (Å²) in [5.41, 5.74) is 3.94. The van der Waals surface area contributed by atoms with Gasteiger partial charge in [0.15, 0.2) is 0 Å². The zero-order valence-corrected chi connectivity index (χ0v) is 12.0. The minimum absolute atomic E-state index is 0.484. The first-order valence-electron chi connectivity index (χ1n) is 6.05. The summed E-state index contributed by atoms with van der Waals surface area (Å²) in [5, 5.41) is 8.91. The minimum Gasteiger partial charge on any atom is -0.495 e. The lowest BCUT2D eigenvalue weighted by Gasteiger charge is -2.06. The molecule has 2 aromatic rings. The van der Waals surface area contributed by atoms with Gasteiger partial charge in [-0.25, -0.2) is 5.48 Å². The highest BCUT2D eigenvalue weighted by Gasteiger charge is 2.04. The SMILES string of the molecule is COc1cncc(-c2ccc(/C=C/C(=O)NO)c(Cl)c2)c1. The lowest BCUT2D eigenvalue weighted by molar-refractivity contribution is -0.124. The number of carbonyl (C=O) groups excluding carboxylic acids is 1. The molecule has 1 aromatic carbocycles. The van der Waals surface area contributed by atoms with Crippen LogP contribution >= 0.6 is 11.6 Å².